The Balaban J connectivity index is 2.03. The average molecular weight is 419 g/mol. The fourth-order valence-corrected chi connectivity index (χ4v) is 3.68. The molecule has 1 aromatic carbocycles. The maximum absolute atomic E-state index is 12.3. The molecule has 8 heteroatoms. The van der Waals surface area contributed by atoms with Gasteiger partial charge in [-0.25, -0.2) is 9.59 Å². The maximum Gasteiger partial charge on any atom is 0.348 e. The van der Waals surface area contributed by atoms with Gasteiger partial charge in [-0.3, -0.25) is 4.79 Å². The number of rotatable bonds is 10. The second kappa shape index (κ2) is 11.2. The summed E-state index contributed by atoms with van der Waals surface area (Å²) in [6.07, 6.45) is 0.714. The minimum atomic E-state index is -0.584. The number of para-hydroxylation sites is 1. The van der Waals surface area contributed by atoms with Gasteiger partial charge in [0.05, 0.1) is 25.4 Å². The quantitative estimate of drug-likeness (QED) is 0.458. The molecule has 0 saturated heterocycles. The fraction of sp³-hybridized carbons (Fsp3) is 0.381. The van der Waals surface area contributed by atoms with E-state index < -0.39 is 11.9 Å². The third-order valence-electron chi connectivity index (χ3n) is 3.90. The van der Waals surface area contributed by atoms with Gasteiger partial charge in [0, 0.05) is 6.42 Å². The Morgan fingerprint density at radius 1 is 1.00 bits per heavy atom. The summed E-state index contributed by atoms with van der Waals surface area (Å²) in [4.78, 5) is 37.1. The maximum atomic E-state index is 12.3. The molecular formula is C21H25NO6S. The Kier molecular flexibility index (Phi) is 8.67. The van der Waals surface area contributed by atoms with Crippen LogP contribution in [0.25, 0.3) is 0 Å². The highest BCUT2D eigenvalue weighted by Crippen LogP contribution is 2.34. The number of amides is 1. The smallest absolute Gasteiger partial charge is 0.348 e. The number of hydrogen-bond donors (Lipinski definition) is 1. The number of hydrogen-bond acceptors (Lipinski definition) is 7. The van der Waals surface area contributed by atoms with Crippen molar-refractivity contribution in [1.29, 1.82) is 0 Å². The first-order chi connectivity index (χ1) is 14.0. The van der Waals surface area contributed by atoms with Crippen LogP contribution in [0.15, 0.2) is 30.3 Å². The van der Waals surface area contributed by atoms with Crippen molar-refractivity contribution in [1.82, 2.24) is 0 Å². The molecule has 0 fully saturated rings. The molecule has 1 aromatic heterocycles. The highest BCUT2D eigenvalue weighted by Gasteiger charge is 2.27. The van der Waals surface area contributed by atoms with Crippen LogP contribution >= 0.6 is 11.3 Å². The molecule has 0 aliphatic carbocycles. The van der Waals surface area contributed by atoms with Gasteiger partial charge in [0.25, 0.3) is 0 Å². The molecule has 0 bridgehead atoms. The molecular weight excluding hydrogens is 394 g/mol. The molecule has 1 heterocycles. The SMILES string of the molecule is CCOC(=O)c1sc(NC(=O)CCCOc2ccccc2)c(C(=O)OCC)c1C. The lowest BCUT2D eigenvalue weighted by Gasteiger charge is -2.08. The third kappa shape index (κ3) is 6.32. The van der Waals surface area contributed by atoms with E-state index in [1.54, 1.807) is 20.8 Å². The van der Waals surface area contributed by atoms with E-state index >= 15 is 0 Å². The molecule has 0 unspecified atom stereocenters. The van der Waals surface area contributed by atoms with Gasteiger partial charge in [-0.2, -0.15) is 0 Å². The lowest BCUT2D eigenvalue weighted by atomic mass is 10.1. The van der Waals surface area contributed by atoms with Crippen molar-refractivity contribution in [3.8, 4) is 5.75 Å². The van der Waals surface area contributed by atoms with Crippen LogP contribution in [0.3, 0.4) is 0 Å². The molecule has 7 nitrogen and oxygen atoms in total. The monoisotopic (exact) mass is 419 g/mol. The molecule has 2 aromatic rings. The van der Waals surface area contributed by atoms with Crippen LogP contribution in [-0.4, -0.2) is 37.7 Å². The number of carbonyl (C=O) groups excluding carboxylic acids is 3. The van der Waals surface area contributed by atoms with E-state index in [0.29, 0.717) is 18.6 Å². The van der Waals surface area contributed by atoms with Gasteiger partial charge < -0.3 is 19.5 Å². The Morgan fingerprint density at radius 3 is 2.31 bits per heavy atom. The average Bonchev–Trinajstić information content (AvgIpc) is 3.02. The zero-order valence-electron chi connectivity index (χ0n) is 16.8. The Labute approximate surface area is 174 Å². The van der Waals surface area contributed by atoms with E-state index in [4.69, 9.17) is 14.2 Å². The molecule has 1 amide bonds. The number of nitrogens with one attached hydrogen (secondary N) is 1. The fourth-order valence-electron chi connectivity index (χ4n) is 2.57. The molecule has 0 aliphatic heterocycles. The molecule has 0 aliphatic rings. The van der Waals surface area contributed by atoms with Crippen molar-refractivity contribution in [2.45, 2.75) is 33.6 Å². The van der Waals surface area contributed by atoms with E-state index in [2.05, 4.69) is 5.32 Å². The van der Waals surface area contributed by atoms with E-state index in [-0.39, 0.29) is 41.0 Å². The van der Waals surface area contributed by atoms with Crippen molar-refractivity contribution in [2.75, 3.05) is 25.1 Å². The summed E-state index contributed by atoms with van der Waals surface area (Å²) < 4.78 is 15.7. The van der Waals surface area contributed by atoms with Crippen molar-refractivity contribution in [2.24, 2.45) is 0 Å². The van der Waals surface area contributed by atoms with Gasteiger partial charge in [-0.15, -0.1) is 11.3 Å². The number of thiophene rings is 1. The van der Waals surface area contributed by atoms with Crippen LogP contribution in [0.5, 0.6) is 5.75 Å². The van der Waals surface area contributed by atoms with E-state index in [1.807, 2.05) is 30.3 Å². The van der Waals surface area contributed by atoms with Gasteiger partial charge in [-0.1, -0.05) is 18.2 Å². The second-order valence-electron chi connectivity index (χ2n) is 6.01. The van der Waals surface area contributed by atoms with Gasteiger partial charge in [-0.05, 0) is 44.9 Å². The number of benzene rings is 1. The van der Waals surface area contributed by atoms with Crippen LogP contribution in [0.4, 0.5) is 5.00 Å². The first-order valence-corrected chi connectivity index (χ1v) is 10.2. The van der Waals surface area contributed by atoms with Crippen molar-refractivity contribution >= 4 is 34.2 Å². The normalized spacial score (nSPS) is 10.3. The van der Waals surface area contributed by atoms with E-state index in [1.165, 1.54) is 0 Å². The summed E-state index contributed by atoms with van der Waals surface area (Å²) in [5.41, 5.74) is 0.628. The van der Waals surface area contributed by atoms with Gasteiger partial charge >= 0.3 is 11.9 Å². The number of esters is 2. The zero-order valence-corrected chi connectivity index (χ0v) is 17.6. The van der Waals surface area contributed by atoms with Crippen LogP contribution in [-0.2, 0) is 14.3 Å². The van der Waals surface area contributed by atoms with Crippen LogP contribution in [0, 0.1) is 6.92 Å². The molecule has 156 valence electrons. The topological polar surface area (TPSA) is 90.9 Å². The molecule has 0 radical (unpaired) electrons. The highest BCUT2D eigenvalue weighted by molar-refractivity contribution is 7.18. The van der Waals surface area contributed by atoms with Crippen LogP contribution in [0.1, 0.15) is 52.3 Å². The summed E-state index contributed by atoms with van der Waals surface area (Å²) in [5.74, 6) is -0.647. The van der Waals surface area contributed by atoms with Crippen molar-refractivity contribution < 1.29 is 28.6 Å². The minimum absolute atomic E-state index is 0.188. The summed E-state index contributed by atoms with van der Waals surface area (Å²) in [5, 5.41) is 3.01. The van der Waals surface area contributed by atoms with Crippen molar-refractivity contribution in [3.05, 3.63) is 46.3 Å². The number of anilines is 1. The standard InChI is InChI=1S/C21H25NO6S/c1-4-26-20(24)17-14(3)18(21(25)27-5-2)29-19(17)22-16(23)12-9-13-28-15-10-7-6-8-11-15/h6-8,10-11H,4-5,9,12-13H2,1-3H3,(H,22,23). The molecule has 1 N–H and O–H groups in total. The largest absolute Gasteiger partial charge is 0.494 e. The summed E-state index contributed by atoms with van der Waals surface area (Å²) in [6.45, 7) is 5.82. The van der Waals surface area contributed by atoms with Crippen LogP contribution in [0.2, 0.25) is 0 Å². The van der Waals surface area contributed by atoms with Crippen LogP contribution < -0.4 is 10.1 Å². The number of ether oxygens (including phenoxy) is 3. The third-order valence-corrected chi connectivity index (χ3v) is 5.09. The second-order valence-corrected chi connectivity index (χ2v) is 7.04. The van der Waals surface area contributed by atoms with E-state index in [9.17, 15) is 14.4 Å². The first kappa shape index (κ1) is 22.4. The predicted molar refractivity (Wildman–Crippen MR) is 111 cm³/mol. The highest BCUT2D eigenvalue weighted by atomic mass is 32.1. The number of carbonyl (C=O) groups is 3. The van der Waals surface area contributed by atoms with Gasteiger partial charge in [0.2, 0.25) is 5.91 Å². The van der Waals surface area contributed by atoms with Crippen molar-refractivity contribution in [3.63, 3.8) is 0 Å². The van der Waals surface area contributed by atoms with E-state index in [0.717, 1.165) is 17.1 Å². The Morgan fingerprint density at radius 2 is 1.66 bits per heavy atom. The Bertz CT molecular complexity index is 846. The molecule has 0 saturated carbocycles. The summed E-state index contributed by atoms with van der Waals surface area (Å²) >= 11 is 1.01. The first-order valence-electron chi connectivity index (χ1n) is 9.43. The predicted octanol–water partition coefficient (Wildman–Crippen LogP) is 4.21. The van der Waals surface area contributed by atoms with Gasteiger partial charge in [0.15, 0.2) is 0 Å². The lowest BCUT2D eigenvalue weighted by molar-refractivity contribution is -0.116. The molecule has 2 rings (SSSR count). The zero-order chi connectivity index (χ0) is 21.2. The Hall–Kier alpha value is -2.87. The van der Waals surface area contributed by atoms with Gasteiger partial charge in [0.1, 0.15) is 15.6 Å². The lowest BCUT2D eigenvalue weighted by Crippen LogP contribution is -2.15. The molecule has 0 atom stereocenters. The summed E-state index contributed by atoms with van der Waals surface area (Å²) in [7, 11) is 0. The summed E-state index contributed by atoms with van der Waals surface area (Å²) in [6, 6.07) is 9.33. The minimum Gasteiger partial charge on any atom is -0.494 e. The molecule has 0 spiro atoms. The molecule has 29 heavy (non-hydrogen) atoms.